The Morgan fingerprint density at radius 3 is 2.34 bits per heavy atom. The molecule has 0 aliphatic rings. The number of rotatable bonds is 9. The lowest BCUT2D eigenvalue weighted by Crippen LogP contribution is -3.08. The molecule has 0 bridgehead atoms. The van der Waals surface area contributed by atoms with Crippen molar-refractivity contribution in [3.63, 3.8) is 0 Å². The minimum absolute atomic E-state index is 0.128. The van der Waals surface area contributed by atoms with Crippen LogP contribution in [0.4, 0.5) is 15.8 Å². The molecular formula is C25H27FN3O3+. The van der Waals surface area contributed by atoms with E-state index in [0.717, 1.165) is 10.6 Å². The topological polar surface area (TPSA) is 71.9 Å². The van der Waals surface area contributed by atoms with Crippen molar-refractivity contribution in [1.82, 2.24) is 0 Å². The predicted molar refractivity (Wildman–Crippen MR) is 122 cm³/mol. The van der Waals surface area contributed by atoms with Crippen molar-refractivity contribution in [3.05, 3.63) is 89.7 Å². The number of carbonyl (C=O) groups is 2. The summed E-state index contributed by atoms with van der Waals surface area (Å²) in [5.41, 5.74) is 1.93. The van der Waals surface area contributed by atoms with Gasteiger partial charge >= 0.3 is 0 Å². The van der Waals surface area contributed by atoms with E-state index in [2.05, 4.69) is 10.6 Å². The van der Waals surface area contributed by atoms with Crippen LogP contribution in [-0.4, -0.2) is 32.0 Å². The zero-order chi connectivity index (χ0) is 22.9. The first-order valence-electron chi connectivity index (χ1n) is 10.4. The number of halogens is 1. The summed E-state index contributed by atoms with van der Waals surface area (Å²) in [5, 5.41) is 5.63. The van der Waals surface area contributed by atoms with Crippen LogP contribution in [0.5, 0.6) is 5.75 Å². The third-order valence-corrected chi connectivity index (χ3v) is 4.78. The molecule has 2 amide bonds. The van der Waals surface area contributed by atoms with Gasteiger partial charge in [-0.2, -0.15) is 0 Å². The van der Waals surface area contributed by atoms with Crippen LogP contribution in [0.2, 0.25) is 0 Å². The zero-order valence-corrected chi connectivity index (χ0v) is 18.2. The highest BCUT2D eigenvalue weighted by Crippen LogP contribution is 2.19. The summed E-state index contributed by atoms with van der Waals surface area (Å²) in [5.74, 6) is -0.166. The Balaban J connectivity index is 1.62. The van der Waals surface area contributed by atoms with Crippen molar-refractivity contribution in [2.45, 2.75) is 13.5 Å². The maximum atomic E-state index is 13.9. The van der Waals surface area contributed by atoms with Crippen LogP contribution in [0.1, 0.15) is 22.8 Å². The van der Waals surface area contributed by atoms with Crippen molar-refractivity contribution in [3.8, 4) is 5.75 Å². The lowest BCUT2D eigenvalue weighted by atomic mass is 10.1. The van der Waals surface area contributed by atoms with Gasteiger partial charge in [-0.1, -0.05) is 30.3 Å². The molecule has 0 saturated heterocycles. The Morgan fingerprint density at radius 2 is 1.62 bits per heavy atom. The quantitative estimate of drug-likeness (QED) is 0.483. The summed E-state index contributed by atoms with van der Waals surface area (Å²) in [6.45, 7) is 2.97. The number of benzene rings is 3. The predicted octanol–water partition coefficient (Wildman–Crippen LogP) is 3.13. The molecular weight excluding hydrogens is 409 g/mol. The highest BCUT2D eigenvalue weighted by atomic mass is 19.1. The number of para-hydroxylation sites is 1. The molecule has 0 fully saturated rings. The van der Waals surface area contributed by atoms with Gasteiger partial charge in [0.15, 0.2) is 6.54 Å². The van der Waals surface area contributed by atoms with E-state index in [-0.39, 0.29) is 24.2 Å². The van der Waals surface area contributed by atoms with E-state index in [9.17, 15) is 14.0 Å². The lowest BCUT2D eigenvalue weighted by molar-refractivity contribution is -0.885. The van der Waals surface area contributed by atoms with Gasteiger partial charge in [-0.3, -0.25) is 9.59 Å². The van der Waals surface area contributed by atoms with E-state index >= 15 is 0 Å². The van der Waals surface area contributed by atoms with E-state index in [4.69, 9.17) is 4.74 Å². The standard InChI is InChI=1S/C25H26FN3O3/c1-3-32-20-14-12-19(13-15-20)27-25(31)21-9-5-7-11-23(21)28-24(30)17-29(2)16-18-8-4-6-10-22(18)26/h4-15H,3,16-17H2,1-2H3,(H,27,31)(H,28,30)/p+1. The minimum Gasteiger partial charge on any atom is -0.494 e. The van der Waals surface area contributed by atoms with Crippen molar-refractivity contribution >= 4 is 23.2 Å². The summed E-state index contributed by atoms with van der Waals surface area (Å²) in [4.78, 5) is 26.2. The molecule has 0 aromatic heterocycles. The number of likely N-dealkylation sites (N-methyl/N-ethyl adjacent to an activating group) is 1. The molecule has 1 unspecified atom stereocenters. The van der Waals surface area contributed by atoms with Crippen LogP contribution in [0.15, 0.2) is 72.8 Å². The Hall–Kier alpha value is -3.71. The highest BCUT2D eigenvalue weighted by Gasteiger charge is 2.17. The van der Waals surface area contributed by atoms with Gasteiger partial charge in [-0.05, 0) is 49.4 Å². The van der Waals surface area contributed by atoms with Gasteiger partial charge in [-0.25, -0.2) is 4.39 Å². The van der Waals surface area contributed by atoms with Crippen LogP contribution >= 0.6 is 0 Å². The van der Waals surface area contributed by atoms with E-state index < -0.39 is 0 Å². The summed E-state index contributed by atoms with van der Waals surface area (Å²) >= 11 is 0. The summed E-state index contributed by atoms with van der Waals surface area (Å²) < 4.78 is 19.3. The first kappa shape index (κ1) is 23.0. The monoisotopic (exact) mass is 436 g/mol. The average molecular weight is 437 g/mol. The molecule has 3 rings (SSSR count). The molecule has 166 valence electrons. The van der Waals surface area contributed by atoms with Gasteiger partial charge in [0.25, 0.3) is 11.8 Å². The molecule has 0 radical (unpaired) electrons. The molecule has 0 aliphatic carbocycles. The van der Waals surface area contributed by atoms with E-state index in [1.807, 2.05) is 14.0 Å². The Labute approximate surface area is 187 Å². The number of hydrogen-bond donors (Lipinski definition) is 3. The molecule has 3 N–H and O–H groups in total. The van der Waals surface area contributed by atoms with Crippen molar-refractivity contribution in [1.29, 1.82) is 0 Å². The summed E-state index contributed by atoms with van der Waals surface area (Å²) in [6.07, 6.45) is 0. The van der Waals surface area contributed by atoms with Crippen LogP contribution in [0, 0.1) is 5.82 Å². The molecule has 7 heteroatoms. The van der Waals surface area contributed by atoms with E-state index in [1.165, 1.54) is 6.07 Å². The molecule has 3 aromatic rings. The maximum absolute atomic E-state index is 13.9. The fourth-order valence-electron chi connectivity index (χ4n) is 3.29. The summed E-state index contributed by atoms with van der Waals surface area (Å²) in [7, 11) is 1.82. The molecule has 0 saturated carbocycles. The number of ether oxygens (including phenoxy) is 1. The van der Waals surface area contributed by atoms with E-state index in [0.29, 0.717) is 35.7 Å². The Bertz CT molecular complexity index is 1070. The largest absolute Gasteiger partial charge is 0.494 e. The fraction of sp³-hybridized carbons (Fsp3) is 0.200. The second-order valence-corrected chi connectivity index (χ2v) is 7.41. The second kappa shape index (κ2) is 11.1. The molecule has 0 heterocycles. The van der Waals surface area contributed by atoms with Crippen LogP contribution in [-0.2, 0) is 11.3 Å². The molecule has 1 atom stereocenters. The number of anilines is 2. The van der Waals surface area contributed by atoms with Gasteiger partial charge in [0.05, 0.1) is 24.9 Å². The fourth-order valence-corrected chi connectivity index (χ4v) is 3.29. The van der Waals surface area contributed by atoms with Crippen molar-refractivity contribution < 1.29 is 23.6 Å². The zero-order valence-electron chi connectivity index (χ0n) is 18.2. The smallest absolute Gasteiger partial charge is 0.279 e. The molecule has 0 aliphatic heterocycles. The molecule has 6 nitrogen and oxygen atoms in total. The van der Waals surface area contributed by atoms with Crippen LogP contribution < -0.4 is 20.3 Å². The number of amides is 2. The first-order chi connectivity index (χ1) is 15.5. The van der Waals surface area contributed by atoms with Gasteiger partial charge < -0.3 is 20.3 Å². The Kier molecular flexibility index (Phi) is 7.94. The van der Waals surface area contributed by atoms with Gasteiger partial charge in [-0.15, -0.1) is 0 Å². The number of carbonyl (C=O) groups excluding carboxylic acids is 2. The van der Waals surface area contributed by atoms with Crippen LogP contribution in [0.25, 0.3) is 0 Å². The molecule has 3 aromatic carbocycles. The van der Waals surface area contributed by atoms with Gasteiger partial charge in [0.2, 0.25) is 0 Å². The Morgan fingerprint density at radius 1 is 0.938 bits per heavy atom. The third-order valence-electron chi connectivity index (χ3n) is 4.78. The molecule has 0 spiro atoms. The van der Waals surface area contributed by atoms with Gasteiger partial charge in [0.1, 0.15) is 18.1 Å². The summed E-state index contributed by atoms with van der Waals surface area (Å²) in [6, 6.07) is 20.4. The highest BCUT2D eigenvalue weighted by molar-refractivity contribution is 6.10. The number of nitrogens with one attached hydrogen (secondary N) is 3. The van der Waals surface area contributed by atoms with Gasteiger partial charge in [0, 0.05) is 11.3 Å². The van der Waals surface area contributed by atoms with Crippen LogP contribution in [0.3, 0.4) is 0 Å². The average Bonchev–Trinajstić information content (AvgIpc) is 2.77. The second-order valence-electron chi connectivity index (χ2n) is 7.41. The SMILES string of the molecule is CCOc1ccc(NC(=O)c2ccccc2NC(=O)C[NH+](C)Cc2ccccc2F)cc1. The normalized spacial score (nSPS) is 11.5. The first-order valence-corrected chi connectivity index (χ1v) is 10.4. The number of quaternary nitrogens is 1. The lowest BCUT2D eigenvalue weighted by Gasteiger charge is -2.15. The van der Waals surface area contributed by atoms with E-state index in [1.54, 1.807) is 66.7 Å². The number of hydrogen-bond acceptors (Lipinski definition) is 3. The minimum atomic E-state index is -0.336. The van der Waals surface area contributed by atoms with Crippen molar-refractivity contribution in [2.24, 2.45) is 0 Å². The third kappa shape index (κ3) is 6.39. The maximum Gasteiger partial charge on any atom is 0.279 e. The molecule has 32 heavy (non-hydrogen) atoms. The van der Waals surface area contributed by atoms with Crippen molar-refractivity contribution in [2.75, 3.05) is 30.8 Å².